The Morgan fingerprint density at radius 3 is 2.38 bits per heavy atom. The predicted molar refractivity (Wildman–Crippen MR) is 90.1 cm³/mol. The highest BCUT2D eigenvalue weighted by Gasteiger charge is 2.59. The molecule has 120 valence electrons. The lowest BCUT2D eigenvalue weighted by Crippen LogP contribution is -2.52. The Balaban J connectivity index is 1.62. The van der Waals surface area contributed by atoms with Gasteiger partial charge in [0.05, 0.1) is 0 Å². The summed E-state index contributed by atoms with van der Waals surface area (Å²) < 4.78 is 0. The lowest BCUT2D eigenvalue weighted by atomic mass is 9.45. The summed E-state index contributed by atoms with van der Waals surface area (Å²) in [4.78, 5) is 0. The minimum absolute atomic E-state index is 0.716. The van der Waals surface area contributed by atoms with Crippen molar-refractivity contribution in [2.24, 2.45) is 40.4 Å². The zero-order chi connectivity index (χ0) is 14.7. The van der Waals surface area contributed by atoms with Gasteiger partial charge in [0.25, 0.3) is 0 Å². The van der Waals surface area contributed by atoms with Gasteiger partial charge in [0.15, 0.2) is 0 Å². The van der Waals surface area contributed by atoms with E-state index in [2.05, 4.69) is 20.8 Å². The number of hydrogen-bond acceptors (Lipinski definition) is 0. The van der Waals surface area contributed by atoms with Gasteiger partial charge in [-0.2, -0.15) is 0 Å². The lowest BCUT2D eigenvalue weighted by Gasteiger charge is -2.60. The molecule has 4 rings (SSSR count). The van der Waals surface area contributed by atoms with Gasteiger partial charge in [0.1, 0.15) is 0 Å². The van der Waals surface area contributed by atoms with E-state index in [1.165, 1.54) is 19.3 Å². The van der Waals surface area contributed by atoms with Crippen molar-refractivity contribution in [1.82, 2.24) is 0 Å². The molecule has 4 aliphatic rings. The maximum absolute atomic E-state index is 2.71. The molecule has 0 unspecified atom stereocenters. The minimum Gasteiger partial charge on any atom is -0.0651 e. The molecule has 0 heterocycles. The van der Waals surface area contributed by atoms with Crippen molar-refractivity contribution < 1.29 is 0 Å². The van der Waals surface area contributed by atoms with Crippen LogP contribution in [0.25, 0.3) is 0 Å². The fraction of sp³-hybridized carbons (Fsp3) is 1.00. The van der Waals surface area contributed by atoms with Crippen molar-refractivity contribution in [2.75, 3.05) is 0 Å². The van der Waals surface area contributed by atoms with Crippen LogP contribution in [0.4, 0.5) is 0 Å². The highest BCUT2D eigenvalue weighted by molar-refractivity contribution is 5.08. The molecule has 0 amide bonds. The molecule has 0 bridgehead atoms. The molecule has 0 aromatic heterocycles. The first-order chi connectivity index (χ1) is 10.1. The van der Waals surface area contributed by atoms with Crippen molar-refractivity contribution >= 4 is 0 Å². The second kappa shape index (κ2) is 5.00. The number of rotatable bonds is 1. The molecule has 4 fully saturated rings. The molecule has 0 aliphatic heterocycles. The van der Waals surface area contributed by atoms with Crippen LogP contribution in [0.2, 0.25) is 0 Å². The standard InChI is InChI=1S/C21H36/c1-4-15-9-11-18-17-10-8-16-7-5-6-13-20(16,2)19(17)12-14-21(15,18)3/h15-19H,4-14H2,1-3H3/t15-,16+,17-,18-,19-,20-,21+/m0/s1. The molecule has 0 saturated heterocycles. The molecule has 0 aromatic carbocycles. The third-order valence-electron chi connectivity index (χ3n) is 9.27. The first-order valence-electron chi connectivity index (χ1n) is 10.1. The quantitative estimate of drug-likeness (QED) is 0.520. The SMILES string of the molecule is CC[C@H]1CC[C@H]2[C@@H]3CC[C@H]4CCCC[C@]4(C)[C@H]3CC[C@]12C. The van der Waals surface area contributed by atoms with E-state index < -0.39 is 0 Å². The van der Waals surface area contributed by atoms with Crippen LogP contribution in [0.15, 0.2) is 0 Å². The van der Waals surface area contributed by atoms with Crippen molar-refractivity contribution in [3.63, 3.8) is 0 Å². The van der Waals surface area contributed by atoms with Gasteiger partial charge in [-0.05, 0) is 91.8 Å². The summed E-state index contributed by atoms with van der Waals surface area (Å²) in [6, 6.07) is 0. The number of fused-ring (bicyclic) bond motifs is 5. The predicted octanol–water partition coefficient (Wildman–Crippen LogP) is 6.45. The van der Waals surface area contributed by atoms with Gasteiger partial charge in [0, 0.05) is 0 Å². The van der Waals surface area contributed by atoms with Crippen molar-refractivity contribution in [1.29, 1.82) is 0 Å². The molecule has 0 radical (unpaired) electrons. The molecule has 4 saturated carbocycles. The molecule has 0 heteroatoms. The molecule has 0 nitrogen and oxygen atoms in total. The second-order valence-electron chi connectivity index (χ2n) is 9.63. The highest BCUT2D eigenvalue weighted by Crippen LogP contribution is 2.67. The fourth-order valence-electron chi connectivity index (χ4n) is 8.07. The topological polar surface area (TPSA) is 0 Å². The fourth-order valence-corrected chi connectivity index (χ4v) is 8.07. The van der Waals surface area contributed by atoms with E-state index in [0.29, 0.717) is 5.41 Å². The summed E-state index contributed by atoms with van der Waals surface area (Å²) in [6.45, 7) is 7.84. The van der Waals surface area contributed by atoms with Crippen LogP contribution in [0, 0.1) is 40.4 Å². The smallest absolute Gasteiger partial charge is 0.0266 e. The van der Waals surface area contributed by atoms with Crippen LogP contribution in [-0.4, -0.2) is 0 Å². The normalized spacial score (nSPS) is 56.4. The summed E-state index contributed by atoms with van der Waals surface area (Å²) in [6.07, 6.45) is 17.0. The average molecular weight is 289 g/mol. The Kier molecular flexibility index (Phi) is 3.47. The van der Waals surface area contributed by atoms with E-state index in [0.717, 1.165) is 35.0 Å². The molecule has 0 aromatic rings. The monoisotopic (exact) mass is 288 g/mol. The summed E-state index contributed by atoms with van der Waals surface area (Å²) in [7, 11) is 0. The molecule has 7 atom stereocenters. The third kappa shape index (κ3) is 1.93. The summed E-state index contributed by atoms with van der Waals surface area (Å²) in [5.41, 5.74) is 1.45. The molecular weight excluding hydrogens is 252 g/mol. The first kappa shape index (κ1) is 14.6. The number of hydrogen-bond donors (Lipinski definition) is 0. The van der Waals surface area contributed by atoms with Gasteiger partial charge >= 0.3 is 0 Å². The van der Waals surface area contributed by atoms with E-state index in [-0.39, 0.29) is 0 Å². The van der Waals surface area contributed by atoms with Gasteiger partial charge in [-0.3, -0.25) is 0 Å². The van der Waals surface area contributed by atoms with E-state index in [4.69, 9.17) is 0 Å². The first-order valence-corrected chi connectivity index (χ1v) is 10.1. The van der Waals surface area contributed by atoms with Crippen molar-refractivity contribution in [3.8, 4) is 0 Å². The summed E-state index contributed by atoms with van der Waals surface area (Å²) in [5.74, 6) is 5.39. The van der Waals surface area contributed by atoms with Gasteiger partial charge in [-0.1, -0.05) is 40.0 Å². The van der Waals surface area contributed by atoms with Gasteiger partial charge in [0.2, 0.25) is 0 Å². The van der Waals surface area contributed by atoms with Crippen molar-refractivity contribution in [2.45, 2.75) is 91.4 Å². The maximum atomic E-state index is 2.71. The van der Waals surface area contributed by atoms with Crippen LogP contribution < -0.4 is 0 Å². The Bertz CT molecular complexity index is 399. The van der Waals surface area contributed by atoms with Crippen LogP contribution in [0.1, 0.15) is 91.4 Å². The summed E-state index contributed by atoms with van der Waals surface area (Å²) >= 11 is 0. The Morgan fingerprint density at radius 2 is 1.57 bits per heavy atom. The van der Waals surface area contributed by atoms with Crippen molar-refractivity contribution in [3.05, 3.63) is 0 Å². The van der Waals surface area contributed by atoms with E-state index in [1.807, 2.05) is 0 Å². The lowest BCUT2D eigenvalue weighted by molar-refractivity contribution is -0.110. The zero-order valence-corrected chi connectivity index (χ0v) is 14.7. The summed E-state index contributed by atoms with van der Waals surface area (Å²) in [5, 5.41) is 0. The van der Waals surface area contributed by atoms with Crippen LogP contribution in [0.5, 0.6) is 0 Å². The third-order valence-corrected chi connectivity index (χ3v) is 9.27. The highest BCUT2D eigenvalue weighted by atomic mass is 14.6. The van der Waals surface area contributed by atoms with E-state index in [1.54, 1.807) is 51.4 Å². The van der Waals surface area contributed by atoms with Gasteiger partial charge < -0.3 is 0 Å². The molecule has 4 aliphatic carbocycles. The molecule has 0 spiro atoms. The van der Waals surface area contributed by atoms with Gasteiger partial charge in [-0.25, -0.2) is 0 Å². The van der Waals surface area contributed by atoms with E-state index >= 15 is 0 Å². The molecular formula is C21H36. The van der Waals surface area contributed by atoms with E-state index in [9.17, 15) is 0 Å². The molecule has 21 heavy (non-hydrogen) atoms. The Labute approximate surface area is 132 Å². The van der Waals surface area contributed by atoms with Crippen LogP contribution in [0.3, 0.4) is 0 Å². The van der Waals surface area contributed by atoms with Gasteiger partial charge in [-0.15, -0.1) is 0 Å². The largest absolute Gasteiger partial charge is 0.0651 e. The Morgan fingerprint density at radius 1 is 0.762 bits per heavy atom. The average Bonchev–Trinajstić information content (AvgIpc) is 2.83. The Hall–Kier alpha value is 0. The van der Waals surface area contributed by atoms with Crippen LogP contribution >= 0.6 is 0 Å². The minimum atomic E-state index is 0.716. The van der Waals surface area contributed by atoms with Crippen LogP contribution in [-0.2, 0) is 0 Å². The molecule has 0 N–H and O–H groups in total. The second-order valence-corrected chi connectivity index (χ2v) is 9.63. The maximum Gasteiger partial charge on any atom is -0.0266 e. The zero-order valence-electron chi connectivity index (χ0n) is 14.7.